The molecule has 2 atom stereocenters. The van der Waals surface area contributed by atoms with Crippen LogP contribution in [0, 0.1) is 0 Å². The van der Waals surface area contributed by atoms with Gasteiger partial charge in [-0.25, -0.2) is 0 Å². The summed E-state index contributed by atoms with van der Waals surface area (Å²) in [6, 6.07) is 0. The predicted molar refractivity (Wildman–Crippen MR) is 41.7 cm³/mol. The van der Waals surface area contributed by atoms with Gasteiger partial charge in [0.05, 0.1) is 7.14 Å². The molecule has 0 amide bonds. The molecule has 0 saturated carbocycles. The molecule has 0 aromatic rings. The van der Waals surface area contributed by atoms with Crippen LogP contribution in [0.5, 0.6) is 0 Å². The van der Waals surface area contributed by atoms with Gasteiger partial charge in [0.25, 0.3) is 0 Å². The molecule has 0 aliphatic carbocycles. The lowest BCUT2D eigenvalue weighted by atomic mass is 10.1. The minimum atomic E-state index is -1.76. The van der Waals surface area contributed by atoms with E-state index in [9.17, 15) is 4.57 Å². The van der Waals surface area contributed by atoms with E-state index in [-0.39, 0.29) is 5.16 Å². The second kappa shape index (κ2) is 1.63. The van der Waals surface area contributed by atoms with Gasteiger partial charge in [-0.15, -0.1) is 0 Å². The average Bonchev–Trinajstić information content (AvgIpc) is 1.65. The number of rotatable bonds is 0. The Balaban J connectivity index is 2.83. The fourth-order valence-corrected chi connectivity index (χ4v) is 3.87. The normalized spacial score (nSPS) is 48.2. The summed E-state index contributed by atoms with van der Waals surface area (Å²) in [4.78, 5) is 0. The molecular weight excluding hydrogens is 131 g/mol. The Bertz CT molecular complexity index is 172. The van der Waals surface area contributed by atoms with Crippen LogP contribution < -0.4 is 0 Å². The Kier molecular flexibility index (Phi) is 1.33. The summed E-state index contributed by atoms with van der Waals surface area (Å²) in [5, 5.41) is 0.145. The van der Waals surface area contributed by atoms with Crippen molar-refractivity contribution in [1.82, 2.24) is 0 Å². The Morgan fingerprint density at radius 1 is 1.56 bits per heavy atom. The van der Waals surface area contributed by atoms with Crippen molar-refractivity contribution in [3.8, 4) is 0 Å². The van der Waals surface area contributed by atoms with E-state index in [2.05, 4.69) is 20.8 Å². The third kappa shape index (κ3) is 0.781. The topological polar surface area (TPSA) is 17.1 Å². The molecular formula is C7H15OP. The van der Waals surface area contributed by atoms with Crippen molar-refractivity contribution in [1.29, 1.82) is 0 Å². The van der Waals surface area contributed by atoms with Crippen molar-refractivity contribution in [2.45, 2.75) is 38.0 Å². The second-order valence-corrected chi connectivity index (χ2v) is 7.93. The summed E-state index contributed by atoms with van der Waals surface area (Å²) in [7, 11) is -1.76. The van der Waals surface area contributed by atoms with E-state index in [4.69, 9.17) is 0 Å². The van der Waals surface area contributed by atoms with Gasteiger partial charge >= 0.3 is 0 Å². The van der Waals surface area contributed by atoms with E-state index < -0.39 is 7.14 Å². The molecule has 1 heterocycles. The van der Waals surface area contributed by atoms with Gasteiger partial charge in [0.15, 0.2) is 0 Å². The highest BCUT2D eigenvalue weighted by atomic mass is 31.2. The van der Waals surface area contributed by atoms with Crippen molar-refractivity contribution in [3.05, 3.63) is 0 Å². The summed E-state index contributed by atoms with van der Waals surface area (Å²) >= 11 is 0. The largest absolute Gasteiger partial charge is 0.323 e. The van der Waals surface area contributed by atoms with E-state index in [1.165, 1.54) is 0 Å². The highest BCUT2D eigenvalue weighted by Crippen LogP contribution is 2.70. The van der Waals surface area contributed by atoms with Gasteiger partial charge in [0.2, 0.25) is 0 Å². The first kappa shape index (κ1) is 7.34. The lowest BCUT2D eigenvalue weighted by Crippen LogP contribution is -2.39. The molecule has 2 heteroatoms. The molecule has 0 radical (unpaired) electrons. The molecule has 1 rings (SSSR count). The average molecular weight is 146 g/mol. The third-order valence-electron chi connectivity index (χ3n) is 2.84. The zero-order valence-electron chi connectivity index (χ0n) is 6.64. The first-order valence-corrected chi connectivity index (χ1v) is 5.67. The van der Waals surface area contributed by atoms with Crippen LogP contribution in [0.25, 0.3) is 0 Å². The summed E-state index contributed by atoms with van der Waals surface area (Å²) < 4.78 is 11.7. The van der Waals surface area contributed by atoms with Gasteiger partial charge in [-0.05, 0) is 13.1 Å². The Hall–Kier alpha value is 0.230. The monoisotopic (exact) mass is 146 g/mol. The fraction of sp³-hybridized carbons (Fsp3) is 1.00. The quantitative estimate of drug-likeness (QED) is 0.480. The molecule has 0 bridgehead atoms. The molecule has 0 N–H and O–H groups in total. The van der Waals surface area contributed by atoms with Crippen LogP contribution >= 0.6 is 7.14 Å². The van der Waals surface area contributed by atoms with Crippen LogP contribution in [-0.4, -0.2) is 17.5 Å². The maximum absolute atomic E-state index is 11.7. The van der Waals surface area contributed by atoms with Gasteiger partial charge in [-0.1, -0.05) is 20.8 Å². The van der Waals surface area contributed by atoms with Gasteiger partial charge in [-0.2, -0.15) is 0 Å². The summed E-state index contributed by atoms with van der Waals surface area (Å²) in [5.74, 6) is 0. The van der Waals surface area contributed by atoms with Crippen LogP contribution in [0.1, 0.15) is 27.2 Å². The zero-order valence-corrected chi connectivity index (χ0v) is 7.53. The molecule has 1 fully saturated rings. The van der Waals surface area contributed by atoms with E-state index >= 15 is 0 Å². The Labute approximate surface area is 57.2 Å². The zero-order chi connectivity index (χ0) is 7.28. The predicted octanol–water partition coefficient (Wildman–Crippen LogP) is 2.55. The van der Waals surface area contributed by atoms with Crippen molar-refractivity contribution in [2.75, 3.05) is 6.66 Å². The molecule has 1 unspecified atom stereocenters. The Morgan fingerprint density at radius 2 is 2.00 bits per heavy atom. The molecule has 9 heavy (non-hydrogen) atoms. The molecule has 1 saturated heterocycles. The molecule has 1 nitrogen and oxygen atoms in total. The van der Waals surface area contributed by atoms with Crippen molar-refractivity contribution in [3.63, 3.8) is 0 Å². The van der Waals surface area contributed by atoms with E-state index in [0.29, 0.717) is 5.66 Å². The maximum atomic E-state index is 11.7. The second-order valence-electron chi connectivity index (χ2n) is 3.86. The standard InChI is InChI=1S/C7H15OP/c1-6-5-7(2,3)9(6,4)8/h6H,5H2,1-4H3/t6-,9?/m1/s1. The van der Waals surface area contributed by atoms with Gasteiger partial charge in [-0.3, -0.25) is 0 Å². The summed E-state index contributed by atoms with van der Waals surface area (Å²) in [6.45, 7) is 8.23. The first-order valence-electron chi connectivity index (χ1n) is 3.45. The van der Waals surface area contributed by atoms with Crippen LogP contribution in [0.2, 0.25) is 0 Å². The highest BCUT2D eigenvalue weighted by molar-refractivity contribution is 7.67. The lowest BCUT2D eigenvalue weighted by molar-refractivity contribution is 0.459. The third-order valence-corrected chi connectivity index (χ3v) is 7.29. The SMILES string of the molecule is C[C@@H]1CC(C)(C)P1(C)=O. The minimum Gasteiger partial charge on any atom is -0.323 e. The van der Waals surface area contributed by atoms with E-state index in [1.807, 2.05) is 6.66 Å². The van der Waals surface area contributed by atoms with Crippen LogP contribution in [0.3, 0.4) is 0 Å². The fourth-order valence-electron chi connectivity index (χ4n) is 1.56. The summed E-state index contributed by atoms with van der Waals surface area (Å²) in [6.07, 6.45) is 1.14. The lowest BCUT2D eigenvalue weighted by Gasteiger charge is -2.48. The number of hydrogen-bond donors (Lipinski definition) is 0. The van der Waals surface area contributed by atoms with Gasteiger partial charge in [0.1, 0.15) is 0 Å². The van der Waals surface area contributed by atoms with E-state index in [1.54, 1.807) is 0 Å². The van der Waals surface area contributed by atoms with E-state index in [0.717, 1.165) is 6.42 Å². The van der Waals surface area contributed by atoms with Crippen molar-refractivity contribution in [2.24, 2.45) is 0 Å². The van der Waals surface area contributed by atoms with Crippen molar-refractivity contribution < 1.29 is 4.57 Å². The van der Waals surface area contributed by atoms with Crippen LogP contribution in [0.4, 0.5) is 0 Å². The van der Waals surface area contributed by atoms with Crippen LogP contribution in [0.15, 0.2) is 0 Å². The van der Waals surface area contributed by atoms with Crippen molar-refractivity contribution >= 4 is 7.14 Å². The first-order chi connectivity index (χ1) is 3.88. The minimum absolute atomic E-state index is 0.145. The van der Waals surface area contributed by atoms with Crippen LogP contribution in [-0.2, 0) is 4.57 Å². The molecule has 1 aliphatic rings. The van der Waals surface area contributed by atoms with Gasteiger partial charge < -0.3 is 4.57 Å². The molecule has 1 aliphatic heterocycles. The molecule has 0 aromatic heterocycles. The number of hydrogen-bond acceptors (Lipinski definition) is 1. The molecule has 54 valence electrons. The molecule has 0 spiro atoms. The Morgan fingerprint density at radius 3 is 2.00 bits per heavy atom. The summed E-state index contributed by atoms with van der Waals surface area (Å²) in [5.41, 5.74) is 0.479. The highest BCUT2D eigenvalue weighted by Gasteiger charge is 2.51. The maximum Gasteiger partial charge on any atom is 0.0928 e. The van der Waals surface area contributed by atoms with Gasteiger partial charge in [0, 0.05) is 10.8 Å². The smallest absolute Gasteiger partial charge is 0.0928 e. The molecule has 0 aromatic carbocycles.